The van der Waals surface area contributed by atoms with E-state index in [0.717, 1.165) is 21.8 Å². The van der Waals surface area contributed by atoms with Crippen molar-refractivity contribution in [1.29, 1.82) is 0 Å². The number of hydrogen-bond donors (Lipinski definition) is 0. The molecule has 0 aliphatic heterocycles. The Labute approximate surface area is 159 Å². The van der Waals surface area contributed by atoms with Gasteiger partial charge in [-0.3, -0.25) is 0 Å². The molecule has 0 amide bonds. The first-order chi connectivity index (χ1) is 11.1. The third-order valence-electron chi connectivity index (χ3n) is 3.78. The fraction of sp³-hybridized carbons (Fsp3) is 0.455. The lowest BCUT2D eigenvalue weighted by atomic mass is 9.81. The molecule has 1 aliphatic rings. The predicted octanol–water partition coefficient (Wildman–Crippen LogP) is 8.33. The summed E-state index contributed by atoms with van der Waals surface area (Å²) in [5.41, 5.74) is 4.05. The largest absolute Gasteiger partial charge is 0.0984 e. The highest BCUT2D eigenvalue weighted by Gasteiger charge is 2.27. The molecule has 0 radical (unpaired) electrons. The van der Waals surface area contributed by atoms with Crippen LogP contribution in [-0.2, 0) is 0 Å². The molecule has 1 unspecified atom stereocenters. The first-order valence-corrected chi connectivity index (χ1v) is 9.29. The molecule has 1 aliphatic carbocycles. The predicted molar refractivity (Wildman–Crippen MR) is 113 cm³/mol. The van der Waals surface area contributed by atoms with Crippen LogP contribution in [0.5, 0.6) is 0 Å². The van der Waals surface area contributed by atoms with Crippen LogP contribution in [0, 0.1) is 11.3 Å². The monoisotopic (exact) mass is 366 g/mol. The van der Waals surface area contributed by atoms with E-state index in [1.54, 1.807) is 12.2 Å². The smallest absolute Gasteiger partial charge is 0.0523 e. The maximum absolute atomic E-state index is 6.61. The van der Waals surface area contributed by atoms with E-state index in [-0.39, 0.29) is 11.3 Å². The standard InChI is InChI=1S/C19H24Cl2.C3H8/c1-8-13(19(5,6)7)11-16-12(4)17(20)14(9-2)15(10-3)18(16)21;1-3-2/h8-12H,2-3H2,1,4-7H3;3H2,1-2H3/b13-8+,16-11+;. The number of allylic oxidation sites excluding steroid dienone is 10. The van der Waals surface area contributed by atoms with Crippen molar-refractivity contribution in [2.75, 3.05) is 0 Å². The molecule has 24 heavy (non-hydrogen) atoms. The van der Waals surface area contributed by atoms with Crippen LogP contribution in [0.2, 0.25) is 0 Å². The van der Waals surface area contributed by atoms with Crippen molar-refractivity contribution in [2.45, 2.75) is 54.9 Å². The molecule has 1 atom stereocenters. The molecular formula is C22H32Cl2. The van der Waals surface area contributed by atoms with Gasteiger partial charge < -0.3 is 0 Å². The van der Waals surface area contributed by atoms with Gasteiger partial charge in [-0.2, -0.15) is 0 Å². The molecule has 2 heteroatoms. The van der Waals surface area contributed by atoms with Gasteiger partial charge in [0.1, 0.15) is 0 Å². The van der Waals surface area contributed by atoms with E-state index in [2.05, 4.69) is 66.9 Å². The molecule has 0 bridgehead atoms. The van der Waals surface area contributed by atoms with Crippen LogP contribution in [0.25, 0.3) is 0 Å². The SMILES string of the molecule is C=CC1=C(Cl)/C(=C/C(=C\C)C(C)(C)C)C(C)C(Cl)=C1C=C.CCC. The lowest BCUT2D eigenvalue weighted by Crippen LogP contribution is -2.14. The fourth-order valence-electron chi connectivity index (χ4n) is 2.46. The first kappa shape index (κ1) is 23.0. The zero-order valence-corrected chi connectivity index (χ0v) is 17.8. The van der Waals surface area contributed by atoms with Crippen LogP contribution in [-0.4, -0.2) is 0 Å². The van der Waals surface area contributed by atoms with Crippen LogP contribution >= 0.6 is 23.2 Å². The van der Waals surface area contributed by atoms with Crippen LogP contribution in [0.1, 0.15) is 54.9 Å². The average molecular weight is 367 g/mol. The molecule has 0 nitrogen and oxygen atoms in total. The van der Waals surface area contributed by atoms with Crippen molar-refractivity contribution < 1.29 is 0 Å². The molecular weight excluding hydrogens is 335 g/mol. The van der Waals surface area contributed by atoms with Gasteiger partial charge in [0.05, 0.1) is 5.03 Å². The topological polar surface area (TPSA) is 0 Å². The minimum Gasteiger partial charge on any atom is -0.0984 e. The summed E-state index contributed by atoms with van der Waals surface area (Å²) in [6.45, 7) is 22.6. The van der Waals surface area contributed by atoms with Gasteiger partial charge in [0.2, 0.25) is 0 Å². The Morgan fingerprint density at radius 1 is 1.08 bits per heavy atom. The summed E-state index contributed by atoms with van der Waals surface area (Å²) in [6, 6.07) is 0. The minimum atomic E-state index is 0.0492. The third-order valence-corrected chi connectivity index (χ3v) is 4.73. The molecule has 0 aromatic heterocycles. The molecule has 134 valence electrons. The first-order valence-electron chi connectivity index (χ1n) is 8.53. The van der Waals surface area contributed by atoms with Crippen molar-refractivity contribution in [3.05, 3.63) is 69.8 Å². The minimum absolute atomic E-state index is 0.0492. The molecule has 0 spiro atoms. The van der Waals surface area contributed by atoms with Gasteiger partial charge >= 0.3 is 0 Å². The highest BCUT2D eigenvalue weighted by Crippen LogP contribution is 2.44. The lowest BCUT2D eigenvalue weighted by molar-refractivity contribution is 0.515. The summed E-state index contributed by atoms with van der Waals surface area (Å²) in [5, 5.41) is 1.47. The summed E-state index contributed by atoms with van der Waals surface area (Å²) in [6.07, 6.45) is 9.01. The van der Waals surface area contributed by atoms with E-state index in [1.807, 2.05) is 6.92 Å². The Morgan fingerprint density at radius 2 is 1.54 bits per heavy atom. The summed E-state index contributed by atoms with van der Waals surface area (Å²) in [7, 11) is 0. The summed E-state index contributed by atoms with van der Waals surface area (Å²) in [4.78, 5) is 0. The highest BCUT2D eigenvalue weighted by molar-refractivity contribution is 6.36. The van der Waals surface area contributed by atoms with Crippen molar-refractivity contribution in [3.8, 4) is 0 Å². The van der Waals surface area contributed by atoms with Crippen molar-refractivity contribution in [2.24, 2.45) is 11.3 Å². The fourth-order valence-corrected chi connectivity index (χ4v) is 3.15. The Morgan fingerprint density at radius 3 is 1.88 bits per heavy atom. The zero-order chi connectivity index (χ0) is 19.1. The molecule has 0 aromatic carbocycles. The molecule has 1 rings (SSSR count). The van der Waals surface area contributed by atoms with E-state index < -0.39 is 0 Å². The van der Waals surface area contributed by atoms with Gasteiger partial charge in [-0.15, -0.1) is 0 Å². The second kappa shape index (κ2) is 10.1. The Bertz CT molecular complexity index is 590. The quantitative estimate of drug-likeness (QED) is 0.470. The molecule has 0 aromatic rings. The third kappa shape index (κ3) is 5.53. The summed E-state index contributed by atoms with van der Waals surface area (Å²) < 4.78 is 0. The zero-order valence-electron chi connectivity index (χ0n) is 16.3. The average Bonchev–Trinajstić information content (AvgIpc) is 2.50. The molecule has 0 N–H and O–H groups in total. The van der Waals surface area contributed by atoms with Crippen LogP contribution in [0.15, 0.2) is 69.8 Å². The van der Waals surface area contributed by atoms with E-state index in [4.69, 9.17) is 23.2 Å². The Kier molecular flexibility index (Phi) is 9.70. The Balaban J connectivity index is 0.00000163. The van der Waals surface area contributed by atoms with Crippen LogP contribution < -0.4 is 0 Å². The van der Waals surface area contributed by atoms with Gasteiger partial charge in [-0.05, 0) is 29.1 Å². The normalized spacial score (nSPS) is 20.8. The van der Waals surface area contributed by atoms with E-state index in [9.17, 15) is 0 Å². The summed E-state index contributed by atoms with van der Waals surface area (Å²) in [5.74, 6) is 0.0492. The second-order valence-corrected chi connectivity index (χ2v) is 7.71. The molecule has 0 heterocycles. The number of hydrogen-bond acceptors (Lipinski definition) is 0. The van der Waals surface area contributed by atoms with Crippen LogP contribution in [0.3, 0.4) is 0 Å². The highest BCUT2D eigenvalue weighted by atomic mass is 35.5. The van der Waals surface area contributed by atoms with Gasteiger partial charge in [0.15, 0.2) is 0 Å². The van der Waals surface area contributed by atoms with Gasteiger partial charge in [-0.25, -0.2) is 0 Å². The van der Waals surface area contributed by atoms with Crippen molar-refractivity contribution in [1.82, 2.24) is 0 Å². The van der Waals surface area contributed by atoms with Gasteiger partial charge in [0.25, 0.3) is 0 Å². The second-order valence-electron chi connectivity index (χ2n) is 6.92. The maximum atomic E-state index is 6.61. The Hall–Kier alpha value is -0.980. The van der Waals surface area contributed by atoms with E-state index >= 15 is 0 Å². The van der Waals surface area contributed by atoms with Gasteiger partial charge in [0, 0.05) is 16.5 Å². The number of halogens is 2. The maximum Gasteiger partial charge on any atom is 0.0523 e. The van der Waals surface area contributed by atoms with Gasteiger partial charge in [-0.1, -0.05) is 109 Å². The van der Waals surface area contributed by atoms with Crippen LogP contribution in [0.4, 0.5) is 0 Å². The molecule has 0 fully saturated rings. The van der Waals surface area contributed by atoms with Crippen molar-refractivity contribution >= 4 is 23.2 Å². The lowest BCUT2D eigenvalue weighted by Gasteiger charge is -2.28. The van der Waals surface area contributed by atoms with E-state index in [0.29, 0.717) is 5.03 Å². The van der Waals surface area contributed by atoms with Crippen molar-refractivity contribution in [3.63, 3.8) is 0 Å². The number of rotatable bonds is 3. The molecule has 0 saturated carbocycles. The summed E-state index contributed by atoms with van der Waals surface area (Å²) >= 11 is 13.1. The van der Waals surface area contributed by atoms with E-state index in [1.165, 1.54) is 12.0 Å². The molecule has 0 saturated heterocycles.